The number of primary amides is 1. The first-order valence-electron chi connectivity index (χ1n) is 13.2. The van der Waals surface area contributed by atoms with E-state index in [-0.39, 0.29) is 31.1 Å². The van der Waals surface area contributed by atoms with Crippen molar-refractivity contribution in [1.82, 2.24) is 20.9 Å². The smallest absolute Gasteiger partial charge is 0.326 e. The van der Waals surface area contributed by atoms with Crippen LogP contribution in [0.2, 0.25) is 0 Å². The van der Waals surface area contributed by atoms with Crippen molar-refractivity contribution in [2.24, 2.45) is 23.3 Å². The van der Waals surface area contributed by atoms with Crippen molar-refractivity contribution in [1.29, 1.82) is 0 Å². The van der Waals surface area contributed by atoms with Crippen molar-refractivity contribution < 1.29 is 43.8 Å². The maximum atomic E-state index is 13.2. The minimum absolute atomic E-state index is 0.0610. The number of nitrogens with one attached hydrogen (secondary N) is 3. The summed E-state index contributed by atoms with van der Waals surface area (Å²) in [6.45, 7) is 7.37. The van der Waals surface area contributed by atoms with E-state index in [2.05, 4.69) is 16.0 Å². The van der Waals surface area contributed by atoms with Crippen LogP contribution < -0.4 is 27.4 Å². The monoisotopic (exact) mass is 570 g/mol. The van der Waals surface area contributed by atoms with Gasteiger partial charge in [-0.05, 0) is 37.5 Å². The molecule has 0 aliphatic carbocycles. The van der Waals surface area contributed by atoms with Gasteiger partial charge >= 0.3 is 11.9 Å². The molecule has 1 fully saturated rings. The van der Waals surface area contributed by atoms with Crippen LogP contribution in [0.5, 0.6) is 0 Å². The van der Waals surface area contributed by atoms with Gasteiger partial charge in [0.15, 0.2) is 0 Å². The zero-order valence-corrected chi connectivity index (χ0v) is 23.3. The van der Waals surface area contributed by atoms with Crippen LogP contribution in [0.4, 0.5) is 0 Å². The highest BCUT2D eigenvalue weighted by Gasteiger charge is 2.38. The zero-order chi connectivity index (χ0) is 30.7. The van der Waals surface area contributed by atoms with Crippen LogP contribution in [0.1, 0.15) is 66.2 Å². The number of amides is 5. The lowest BCUT2D eigenvalue weighted by Crippen LogP contribution is -2.58. The second-order valence-electron chi connectivity index (χ2n) is 10.7. The molecule has 0 bridgehead atoms. The average molecular weight is 571 g/mol. The second-order valence-corrected chi connectivity index (χ2v) is 10.7. The first-order chi connectivity index (χ1) is 18.5. The molecule has 0 aromatic carbocycles. The SMILES string of the molecule is CC(C)C[C@H](NC(=O)[C@H](CCC(N)=O)NC(=O)[C@@H]1CCCN1C(=O)[C@@H](N)C(C)C)C(=O)N[C@@H](CC(=O)O)C(=O)O. The van der Waals surface area contributed by atoms with E-state index in [1.807, 2.05) is 0 Å². The zero-order valence-electron chi connectivity index (χ0n) is 23.3. The van der Waals surface area contributed by atoms with Crippen molar-refractivity contribution in [3.05, 3.63) is 0 Å². The highest BCUT2D eigenvalue weighted by molar-refractivity contribution is 5.96. The van der Waals surface area contributed by atoms with Crippen LogP contribution in [-0.4, -0.2) is 93.3 Å². The number of likely N-dealkylation sites (tertiary alicyclic amines) is 1. The number of carbonyl (C=O) groups is 7. The largest absolute Gasteiger partial charge is 0.481 e. The highest BCUT2D eigenvalue weighted by Crippen LogP contribution is 2.20. The fraction of sp³-hybridized carbons (Fsp3) is 0.720. The van der Waals surface area contributed by atoms with Gasteiger partial charge in [-0.15, -0.1) is 0 Å². The third-order valence-corrected chi connectivity index (χ3v) is 6.49. The minimum atomic E-state index is -1.73. The third kappa shape index (κ3) is 10.8. The third-order valence-electron chi connectivity index (χ3n) is 6.49. The van der Waals surface area contributed by atoms with Gasteiger partial charge in [-0.1, -0.05) is 27.7 Å². The van der Waals surface area contributed by atoms with Gasteiger partial charge in [0.1, 0.15) is 24.2 Å². The summed E-state index contributed by atoms with van der Waals surface area (Å²) in [5.41, 5.74) is 11.2. The van der Waals surface area contributed by atoms with E-state index in [9.17, 15) is 38.7 Å². The predicted octanol–water partition coefficient (Wildman–Crippen LogP) is -1.71. The van der Waals surface area contributed by atoms with Crippen LogP contribution in [0.15, 0.2) is 0 Å². The van der Waals surface area contributed by atoms with Gasteiger partial charge in [0.2, 0.25) is 29.5 Å². The number of nitrogens with zero attached hydrogens (tertiary/aromatic N) is 1. The lowest BCUT2D eigenvalue weighted by molar-refractivity contribution is -0.147. The number of carboxylic acids is 2. The molecule has 1 aliphatic rings. The quantitative estimate of drug-likeness (QED) is 0.111. The summed E-state index contributed by atoms with van der Waals surface area (Å²) in [5, 5.41) is 25.4. The van der Waals surface area contributed by atoms with E-state index < -0.39 is 78.1 Å². The molecule has 9 N–H and O–H groups in total. The molecule has 1 rings (SSSR count). The number of nitrogens with two attached hydrogens (primary N) is 2. The number of carboxylic acid groups (broad SMARTS) is 2. The fourth-order valence-corrected chi connectivity index (χ4v) is 4.23. The molecule has 1 aliphatic heterocycles. The Morgan fingerprint density at radius 2 is 1.48 bits per heavy atom. The molecule has 0 unspecified atom stereocenters. The Kier molecular flexibility index (Phi) is 13.5. The molecule has 1 heterocycles. The van der Waals surface area contributed by atoms with Gasteiger partial charge in [-0.25, -0.2) is 4.79 Å². The first kappa shape index (κ1) is 34.3. The maximum absolute atomic E-state index is 13.2. The van der Waals surface area contributed by atoms with Gasteiger partial charge in [-0.3, -0.25) is 28.8 Å². The van der Waals surface area contributed by atoms with Crippen molar-refractivity contribution in [2.45, 2.75) is 96.4 Å². The Labute approximate surface area is 232 Å². The highest BCUT2D eigenvalue weighted by atomic mass is 16.4. The number of aliphatic carboxylic acids is 2. The summed E-state index contributed by atoms with van der Waals surface area (Å²) in [7, 11) is 0. The van der Waals surface area contributed by atoms with Gasteiger partial charge in [0.25, 0.3) is 0 Å². The average Bonchev–Trinajstić information content (AvgIpc) is 3.33. The van der Waals surface area contributed by atoms with Crippen LogP contribution in [0.3, 0.4) is 0 Å². The summed E-state index contributed by atoms with van der Waals surface area (Å²) in [6.07, 6.45) is -0.407. The standard InChI is InChI=1S/C25H42N6O9/c1-12(2)10-15(22(36)30-16(25(39)40)11-19(33)34)29-21(35)14(7-8-18(26)32)28-23(37)17-6-5-9-31(17)24(38)20(27)13(3)4/h12-17,20H,5-11,27H2,1-4H3,(H2,26,32)(H,28,37)(H,29,35)(H,30,36)(H,33,34)(H,39,40)/t14-,15-,16-,17-,20-/m0/s1. The summed E-state index contributed by atoms with van der Waals surface area (Å²) in [6, 6.07) is -6.01. The van der Waals surface area contributed by atoms with Gasteiger partial charge in [0.05, 0.1) is 12.5 Å². The van der Waals surface area contributed by atoms with Crippen molar-refractivity contribution >= 4 is 41.5 Å². The maximum Gasteiger partial charge on any atom is 0.326 e. The van der Waals surface area contributed by atoms with E-state index >= 15 is 0 Å². The Morgan fingerprint density at radius 1 is 0.900 bits per heavy atom. The molecule has 226 valence electrons. The lowest BCUT2D eigenvalue weighted by atomic mass is 10.0. The Bertz CT molecular complexity index is 970. The molecule has 0 saturated carbocycles. The van der Waals surface area contributed by atoms with Gasteiger partial charge < -0.3 is 42.5 Å². The summed E-state index contributed by atoms with van der Waals surface area (Å²) < 4.78 is 0. The van der Waals surface area contributed by atoms with E-state index in [1.165, 1.54) is 4.90 Å². The van der Waals surface area contributed by atoms with E-state index in [0.717, 1.165) is 0 Å². The Hall–Kier alpha value is -3.75. The molecule has 40 heavy (non-hydrogen) atoms. The molecule has 5 atom stereocenters. The van der Waals surface area contributed by atoms with Crippen LogP contribution in [0.25, 0.3) is 0 Å². The summed E-state index contributed by atoms with van der Waals surface area (Å²) in [5.74, 6) is -6.85. The molecular formula is C25H42N6O9. The fourth-order valence-electron chi connectivity index (χ4n) is 4.23. The molecule has 1 saturated heterocycles. The Morgan fingerprint density at radius 3 is 1.98 bits per heavy atom. The van der Waals surface area contributed by atoms with Crippen molar-refractivity contribution in [2.75, 3.05) is 6.54 Å². The van der Waals surface area contributed by atoms with Crippen LogP contribution >= 0.6 is 0 Å². The van der Waals surface area contributed by atoms with E-state index in [0.29, 0.717) is 19.4 Å². The number of rotatable bonds is 16. The summed E-state index contributed by atoms with van der Waals surface area (Å²) in [4.78, 5) is 87.3. The first-order valence-corrected chi connectivity index (χ1v) is 13.2. The molecular weight excluding hydrogens is 528 g/mol. The molecule has 0 aromatic rings. The second kappa shape index (κ2) is 15.7. The molecule has 15 nitrogen and oxygen atoms in total. The van der Waals surface area contributed by atoms with Crippen molar-refractivity contribution in [3.63, 3.8) is 0 Å². The molecule has 5 amide bonds. The van der Waals surface area contributed by atoms with Crippen LogP contribution in [0, 0.1) is 11.8 Å². The summed E-state index contributed by atoms with van der Waals surface area (Å²) >= 11 is 0. The Balaban J connectivity index is 3.11. The van der Waals surface area contributed by atoms with E-state index in [1.54, 1.807) is 27.7 Å². The number of carbonyl (C=O) groups excluding carboxylic acids is 5. The number of hydrogen-bond donors (Lipinski definition) is 7. The van der Waals surface area contributed by atoms with E-state index in [4.69, 9.17) is 16.6 Å². The predicted molar refractivity (Wildman–Crippen MR) is 141 cm³/mol. The van der Waals surface area contributed by atoms with Gasteiger partial charge in [-0.2, -0.15) is 0 Å². The van der Waals surface area contributed by atoms with Gasteiger partial charge in [0, 0.05) is 13.0 Å². The molecule has 15 heteroatoms. The molecule has 0 aromatic heterocycles. The minimum Gasteiger partial charge on any atom is -0.481 e. The molecule has 0 spiro atoms. The van der Waals surface area contributed by atoms with Crippen molar-refractivity contribution in [3.8, 4) is 0 Å². The molecule has 0 radical (unpaired) electrons. The normalized spacial score (nSPS) is 18.0. The lowest BCUT2D eigenvalue weighted by Gasteiger charge is -2.30. The van der Waals surface area contributed by atoms with Crippen LogP contribution in [-0.2, 0) is 33.6 Å². The topological polar surface area (TPSA) is 251 Å². The number of hydrogen-bond acceptors (Lipinski definition) is 8.